The molecule has 1 amide bonds. The van der Waals surface area contributed by atoms with Gasteiger partial charge >= 0.3 is 0 Å². The molecule has 4 aromatic rings. The van der Waals surface area contributed by atoms with Crippen molar-refractivity contribution in [1.29, 1.82) is 0 Å². The molecule has 1 heterocycles. The Balaban J connectivity index is 1.43. The van der Waals surface area contributed by atoms with Crippen LogP contribution in [-0.4, -0.2) is 22.6 Å². The maximum Gasteiger partial charge on any atom is 0.262 e. The van der Waals surface area contributed by atoms with E-state index in [0.29, 0.717) is 22.0 Å². The van der Waals surface area contributed by atoms with Crippen LogP contribution in [-0.2, 0) is 4.79 Å². The monoisotopic (exact) mass is 424 g/mol. The highest BCUT2D eigenvalue weighted by atomic mass is 35.5. The molecule has 0 aliphatic rings. The van der Waals surface area contributed by atoms with Gasteiger partial charge in [0.15, 0.2) is 6.61 Å². The summed E-state index contributed by atoms with van der Waals surface area (Å²) in [6.45, 7) is 1.71. The van der Waals surface area contributed by atoms with E-state index in [1.165, 1.54) is 17.4 Å². The number of halogens is 1. The van der Waals surface area contributed by atoms with Gasteiger partial charge in [-0.25, -0.2) is 4.98 Å². The van der Waals surface area contributed by atoms with Crippen LogP contribution in [0.1, 0.15) is 5.56 Å². The van der Waals surface area contributed by atoms with Gasteiger partial charge in [0.05, 0.1) is 15.8 Å². The van der Waals surface area contributed by atoms with Crippen LogP contribution in [0.3, 0.4) is 0 Å². The van der Waals surface area contributed by atoms with Crippen molar-refractivity contribution < 1.29 is 14.6 Å². The molecule has 0 radical (unpaired) electrons. The van der Waals surface area contributed by atoms with Gasteiger partial charge in [-0.2, -0.15) is 0 Å². The average molecular weight is 425 g/mol. The van der Waals surface area contributed by atoms with E-state index in [2.05, 4.69) is 10.3 Å². The summed E-state index contributed by atoms with van der Waals surface area (Å²) in [5.74, 6) is 0.289. The van der Waals surface area contributed by atoms with Crippen molar-refractivity contribution >= 4 is 44.7 Å². The van der Waals surface area contributed by atoms with Crippen LogP contribution in [0.2, 0.25) is 5.02 Å². The van der Waals surface area contributed by atoms with Gasteiger partial charge in [-0.05, 0) is 55.0 Å². The summed E-state index contributed by atoms with van der Waals surface area (Å²) >= 11 is 7.49. The van der Waals surface area contributed by atoms with Crippen molar-refractivity contribution in [2.75, 3.05) is 11.9 Å². The number of phenols is 1. The van der Waals surface area contributed by atoms with E-state index in [4.69, 9.17) is 16.3 Å². The van der Waals surface area contributed by atoms with Gasteiger partial charge in [0.2, 0.25) is 0 Å². The lowest BCUT2D eigenvalue weighted by atomic mass is 10.2. The van der Waals surface area contributed by atoms with E-state index in [0.717, 1.165) is 20.8 Å². The van der Waals surface area contributed by atoms with Gasteiger partial charge in [-0.1, -0.05) is 23.7 Å². The lowest BCUT2D eigenvalue weighted by molar-refractivity contribution is -0.118. The van der Waals surface area contributed by atoms with Gasteiger partial charge in [0, 0.05) is 16.8 Å². The molecule has 0 saturated carbocycles. The maximum atomic E-state index is 12.2. The summed E-state index contributed by atoms with van der Waals surface area (Å²) in [4.78, 5) is 16.7. The summed E-state index contributed by atoms with van der Waals surface area (Å²) in [6.07, 6.45) is 0. The second-order valence-corrected chi connectivity index (χ2v) is 7.90. The first-order valence-corrected chi connectivity index (χ1v) is 10.1. The Morgan fingerprint density at radius 1 is 1.17 bits per heavy atom. The molecule has 0 fully saturated rings. The van der Waals surface area contributed by atoms with Gasteiger partial charge in [-0.15, -0.1) is 11.3 Å². The number of nitrogens with one attached hydrogen (secondary N) is 1. The SMILES string of the molecule is Cc1cc(OCC(=O)Nc2ccc(-c3nc4ccccc4s3)c(O)c2)ccc1Cl. The summed E-state index contributed by atoms with van der Waals surface area (Å²) < 4.78 is 6.54. The number of ether oxygens (including phenoxy) is 1. The first kappa shape index (κ1) is 19.2. The standard InChI is InChI=1S/C22H17ClN2O3S/c1-13-10-15(7-9-17(13)23)28-12-21(27)24-14-6-8-16(19(26)11-14)22-25-18-4-2-3-5-20(18)29-22/h2-11,26H,12H2,1H3,(H,24,27). The van der Waals surface area contributed by atoms with E-state index in [-0.39, 0.29) is 18.3 Å². The second-order valence-electron chi connectivity index (χ2n) is 6.47. The zero-order valence-electron chi connectivity index (χ0n) is 15.5. The molecule has 2 N–H and O–H groups in total. The Hall–Kier alpha value is -3.09. The van der Waals surface area contributed by atoms with Crippen LogP contribution in [0.4, 0.5) is 5.69 Å². The van der Waals surface area contributed by atoms with Crippen LogP contribution >= 0.6 is 22.9 Å². The molecule has 4 rings (SSSR count). The molecular formula is C22H17ClN2O3S. The molecule has 7 heteroatoms. The fraction of sp³-hybridized carbons (Fsp3) is 0.0909. The van der Waals surface area contributed by atoms with Crippen molar-refractivity contribution in [3.05, 3.63) is 71.2 Å². The number of phenolic OH excluding ortho intramolecular Hbond substituents is 1. The Labute approximate surface area is 176 Å². The van der Waals surface area contributed by atoms with E-state index >= 15 is 0 Å². The summed E-state index contributed by atoms with van der Waals surface area (Å²) in [5, 5.41) is 14.5. The smallest absolute Gasteiger partial charge is 0.262 e. The first-order valence-electron chi connectivity index (χ1n) is 8.87. The third-order valence-corrected chi connectivity index (χ3v) is 5.80. The minimum atomic E-state index is -0.329. The quantitative estimate of drug-likeness (QED) is 0.434. The van der Waals surface area contributed by atoms with Crippen molar-refractivity contribution in [3.63, 3.8) is 0 Å². The van der Waals surface area contributed by atoms with Gasteiger partial charge in [0.1, 0.15) is 16.5 Å². The largest absolute Gasteiger partial charge is 0.507 e. The number of thiazole rings is 1. The molecule has 0 saturated heterocycles. The number of hydrogen-bond donors (Lipinski definition) is 2. The Morgan fingerprint density at radius 3 is 2.76 bits per heavy atom. The fourth-order valence-corrected chi connectivity index (χ4v) is 3.95. The zero-order valence-corrected chi connectivity index (χ0v) is 17.1. The third-order valence-electron chi connectivity index (χ3n) is 4.31. The van der Waals surface area contributed by atoms with E-state index < -0.39 is 0 Å². The molecular weight excluding hydrogens is 408 g/mol. The molecule has 146 valence electrons. The first-order chi connectivity index (χ1) is 14.0. The number of carbonyl (C=O) groups is 1. The van der Waals surface area contributed by atoms with Gasteiger partial charge in [-0.3, -0.25) is 4.79 Å². The number of aryl methyl sites for hydroxylation is 1. The summed E-state index contributed by atoms with van der Waals surface area (Å²) in [6, 6.07) is 18.0. The van der Waals surface area contributed by atoms with Crippen LogP contribution in [0.5, 0.6) is 11.5 Å². The normalized spacial score (nSPS) is 10.8. The number of benzene rings is 3. The summed E-state index contributed by atoms with van der Waals surface area (Å²) in [5.41, 5.74) is 2.86. The zero-order chi connectivity index (χ0) is 20.4. The number of aromatic nitrogens is 1. The van der Waals surface area contributed by atoms with Crippen LogP contribution in [0.25, 0.3) is 20.8 Å². The molecule has 0 bridgehead atoms. The van der Waals surface area contributed by atoms with Gasteiger partial charge in [0.25, 0.3) is 5.91 Å². The number of aromatic hydroxyl groups is 1. The number of anilines is 1. The third kappa shape index (κ3) is 4.34. The number of hydrogen-bond acceptors (Lipinski definition) is 5. The average Bonchev–Trinajstić information content (AvgIpc) is 3.13. The van der Waals surface area contributed by atoms with Crippen LogP contribution < -0.4 is 10.1 Å². The highest BCUT2D eigenvalue weighted by Gasteiger charge is 2.12. The number of rotatable bonds is 5. The van der Waals surface area contributed by atoms with Crippen molar-refractivity contribution in [2.45, 2.75) is 6.92 Å². The minimum Gasteiger partial charge on any atom is -0.507 e. The van der Waals surface area contributed by atoms with E-state index in [1.807, 2.05) is 31.2 Å². The fourth-order valence-electron chi connectivity index (χ4n) is 2.83. The minimum absolute atomic E-state index is 0.0519. The van der Waals surface area contributed by atoms with Crippen molar-refractivity contribution in [3.8, 4) is 22.1 Å². The Morgan fingerprint density at radius 2 is 2.00 bits per heavy atom. The lowest BCUT2D eigenvalue weighted by Crippen LogP contribution is -2.20. The molecule has 0 aliphatic carbocycles. The maximum absolute atomic E-state index is 12.2. The van der Waals surface area contributed by atoms with Gasteiger partial charge < -0.3 is 15.2 Å². The second kappa shape index (κ2) is 8.11. The molecule has 1 aromatic heterocycles. The highest BCUT2D eigenvalue weighted by Crippen LogP contribution is 2.36. The summed E-state index contributed by atoms with van der Waals surface area (Å²) in [7, 11) is 0. The number of carbonyl (C=O) groups excluding carboxylic acids is 1. The van der Waals surface area contributed by atoms with Crippen molar-refractivity contribution in [1.82, 2.24) is 4.98 Å². The van der Waals surface area contributed by atoms with E-state index in [1.54, 1.807) is 30.3 Å². The van der Waals surface area contributed by atoms with E-state index in [9.17, 15) is 9.90 Å². The molecule has 5 nitrogen and oxygen atoms in total. The van der Waals surface area contributed by atoms with Crippen LogP contribution in [0.15, 0.2) is 60.7 Å². The molecule has 0 atom stereocenters. The number of nitrogens with zero attached hydrogens (tertiary/aromatic N) is 1. The van der Waals surface area contributed by atoms with Crippen LogP contribution in [0, 0.1) is 6.92 Å². The Kier molecular flexibility index (Phi) is 5.38. The van der Waals surface area contributed by atoms with Crippen molar-refractivity contribution in [2.24, 2.45) is 0 Å². The molecule has 0 aliphatic heterocycles. The topological polar surface area (TPSA) is 71.5 Å². The molecule has 3 aromatic carbocycles. The molecule has 29 heavy (non-hydrogen) atoms. The number of fused-ring (bicyclic) bond motifs is 1. The highest BCUT2D eigenvalue weighted by molar-refractivity contribution is 7.21. The number of amides is 1. The molecule has 0 spiro atoms. The number of para-hydroxylation sites is 1. The lowest BCUT2D eigenvalue weighted by Gasteiger charge is -2.10. The predicted octanol–water partition coefficient (Wildman–Crippen LogP) is 5.65. The Bertz CT molecular complexity index is 1170. The molecule has 0 unspecified atom stereocenters. The predicted molar refractivity (Wildman–Crippen MR) is 117 cm³/mol.